The number of aromatic nitrogens is 1. The molecule has 2 saturated heterocycles. The van der Waals surface area contributed by atoms with Gasteiger partial charge in [0.1, 0.15) is 0 Å². The molecule has 2 N–H and O–H groups in total. The van der Waals surface area contributed by atoms with Crippen LogP contribution < -0.4 is 5.32 Å². The largest absolute Gasteiger partial charge is 0.416 e. The van der Waals surface area contributed by atoms with E-state index in [9.17, 15) is 27.6 Å². The highest BCUT2D eigenvalue weighted by atomic mass is 19.4. The first-order chi connectivity index (χ1) is 20.1. The zero-order valence-corrected chi connectivity index (χ0v) is 23.6. The van der Waals surface area contributed by atoms with Crippen molar-refractivity contribution in [2.45, 2.75) is 63.7 Å². The fourth-order valence-electron chi connectivity index (χ4n) is 7.22. The molecule has 1 unspecified atom stereocenters. The predicted molar refractivity (Wildman–Crippen MR) is 151 cm³/mol. The molecule has 0 aliphatic carbocycles. The summed E-state index contributed by atoms with van der Waals surface area (Å²) in [6.45, 7) is 3.70. The Hall–Kier alpha value is -3.82. The summed E-state index contributed by atoms with van der Waals surface area (Å²) in [7, 11) is 0. The Bertz CT molecular complexity index is 1530. The molecule has 10 heteroatoms. The lowest BCUT2D eigenvalue weighted by Gasteiger charge is -2.54. The highest BCUT2D eigenvalue weighted by Crippen LogP contribution is 2.50. The SMILES string of the molecule is C[C@]12c3[nH]c4ccccc4c3CCN1C(=O)C(CC(=O)NCc1cccc(C(F)(F)F)c1)C[C@@H]2C(=O)N1CCCCC1. The summed E-state index contributed by atoms with van der Waals surface area (Å²) in [5, 5.41) is 3.79. The first-order valence-corrected chi connectivity index (χ1v) is 14.7. The third-order valence-corrected chi connectivity index (χ3v) is 9.42. The van der Waals surface area contributed by atoms with Gasteiger partial charge in [-0.1, -0.05) is 30.3 Å². The molecule has 2 fully saturated rings. The quantitative estimate of drug-likeness (QED) is 0.438. The topological polar surface area (TPSA) is 85.5 Å². The van der Waals surface area contributed by atoms with Gasteiger partial charge in [0.15, 0.2) is 0 Å². The number of hydrogen-bond donors (Lipinski definition) is 2. The molecule has 3 aliphatic rings. The van der Waals surface area contributed by atoms with Gasteiger partial charge in [-0.15, -0.1) is 0 Å². The van der Waals surface area contributed by atoms with Crippen LogP contribution in [0.4, 0.5) is 13.2 Å². The van der Waals surface area contributed by atoms with Gasteiger partial charge >= 0.3 is 6.18 Å². The molecule has 6 rings (SSSR count). The van der Waals surface area contributed by atoms with Crippen molar-refractivity contribution in [1.82, 2.24) is 20.1 Å². The Morgan fingerprint density at radius 1 is 1.05 bits per heavy atom. The number of carbonyl (C=O) groups is 3. The maximum atomic E-state index is 14.2. The van der Waals surface area contributed by atoms with Crippen molar-refractivity contribution in [2.24, 2.45) is 11.8 Å². The van der Waals surface area contributed by atoms with Crippen molar-refractivity contribution < 1.29 is 27.6 Å². The number of aromatic amines is 1. The smallest absolute Gasteiger partial charge is 0.356 e. The summed E-state index contributed by atoms with van der Waals surface area (Å²) in [6.07, 6.45) is -0.776. The molecule has 0 saturated carbocycles. The average molecular weight is 581 g/mol. The number of likely N-dealkylation sites (tertiary alicyclic amines) is 1. The Balaban J connectivity index is 1.26. The summed E-state index contributed by atoms with van der Waals surface area (Å²) in [5.74, 6) is -1.83. The maximum absolute atomic E-state index is 14.2. The minimum Gasteiger partial charge on any atom is -0.356 e. The zero-order valence-electron chi connectivity index (χ0n) is 23.6. The van der Waals surface area contributed by atoms with Crippen LogP contribution in [0.1, 0.15) is 61.4 Å². The number of carbonyl (C=O) groups excluding carboxylic acids is 3. The fraction of sp³-hybridized carbons (Fsp3) is 0.469. The lowest BCUT2D eigenvalue weighted by molar-refractivity contribution is -0.164. The number of nitrogens with zero attached hydrogens (tertiary/aromatic N) is 2. The van der Waals surface area contributed by atoms with Crippen LogP contribution in [0.25, 0.3) is 10.9 Å². The third-order valence-electron chi connectivity index (χ3n) is 9.42. The summed E-state index contributed by atoms with van der Waals surface area (Å²) in [4.78, 5) is 48.5. The van der Waals surface area contributed by atoms with E-state index in [0.29, 0.717) is 31.6 Å². The second-order valence-corrected chi connectivity index (χ2v) is 12.0. The average Bonchev–Trinajstić information content (AvgIpc) is 3.37. The molecular formula is C32H35F3N4O3. The minimum atomic E-state index is -4.48. The monoisotopic (exact) mass is 580 g/mol. The van der Waals surface area contributed by atoms with Crippen LogP contribution in [-0.2, 0) is 39.1 Å². The molecular weight excluding hydrogens is 545 g/mol. The number of amides is 3. The van der Waals surface area contributed by atoms with Crippen molar-refractivity contribution in [3.8, 4) is 0 Å². The molecule has 3 amide bonds. The summed E-state index contributed by atoms with van der Waals surface area (Å²) in [6, 6.07) is 12.8. The van der Waals surface area contributed by atoms with Gasteiger partial charge in [0, 0.05) is 55.1 Å². The molecule has 42 heavy (non-hydrogen) atoms. The molecule has 0 bridgehead atoms. The minimum absolute atomic E-state index is 0.00980. The third kappa shape index (κ3) is 4.94. The molecule has 0 spiro atoms. The number of fused-ring (bicyclic) bond motifs is 5. The number of para-hydroxylation sites is 1. The van der Waals surface area contributed by atoms with Crippen LogP contribution in [-0.4, -0.2) is 52.1 Å². The van der Waals surface area contributed by atoms with E-state index < -0.39 is 35.0 Å². The Labute approximate surface area is 242 Å². The predicted octanol–water partition coefficient (Wildman–Crippen LogP) is 5.14. The van der Waals surface area contributed by atoms with Crippen LogP contribution >= 0.6 is 0 Å². The Kier molecular flexibility index (Phi) is 7.27. The van der Waals surface area contributed by atoms with Crippen LogP contribution in [0.3, 0.4) is 0 Å². The van der Waals surface area contributed by atoms with E-state index in [4.69, 9.17) is 0 Å². The number of halogens is 3. The van der Waals surface area contributed by atoms with E-state index in [0.717, 1.165) is 53.6 Å². The zero-order chi connectivity index (χ0) is 29.6. The van der Waals surface area contributed by atoms with Gasteiger partial charge in [-0.2, -0.15) is 13.2 Å². The number of benzene rings is 2. The fourth-order valence-corrected chi connectivity index (χ4v) is 7.22. The summed E-state index contributed by atoms with van der Waals surface area (Å²) in [5.41, 5.74) is 1.65. The first kappa shape index (κ1) is 28.3. The summed E-state index contributed by atoms with van der Waals surface area (Å²) < 4.78 is 39.3. The molecule has 0 radical (unpaired) electrons. The highest BCUT2D eigenvalue weighted by molar-refractivity contribution is 5.93. The van der Waals surface area contributed by atoms with Crippen molar-refractivity contribution in [3.63, 3.8) is 0 Å². The molecule has 2 aromatic carbocycles. The van der Waals surface area contributed by atoms with Crippen molar-refractivity contribution in [2.75, 3.05) is 19.6 Å². The number of hydrogen-bond acceptors (Lipinski definition) is 3. The molecule has 1 aromatic heterocycles. The molecule has 222 valence electrons. The van der Waals surface area contributed by atoms with E-state index in [2.05, 4.69) is 16.4 Å². The molecule has 3 aliphatic heterocycles. The molecule has 3 aromatic rings. The number of nitrogens with one attached hydrogen (secondary N) is 2. The standard InChI is InChI=1S/C32H35F3N4O3/c1-31-25(30(42)38-13-5-2-6-14-38)17-21(18-27(40)36-19-20-8-7-9-22(16-20)32(33,34)35)29(41)39(31)15-12-24-23-10-3-4-11-26(23)37-28(24)31/h3-4,7-11,16,21,25,37H,2,5-6,12-15,17-19H2,1H3,(H,36,40)/t21?,25-,31+/m1/s1. The Morgan fingerprint density at radius 3 is 2.57 bits per heavy atom. The van der Waals surface area contributed by atoms with E-state index in [1.165, 1.54) is 12.1 Å². The van der Waals surface area contributed by atoms with Crippen LogP contribution in [0, 0.1) is 11.8 Å². The lowest BCUT2D eigenvalue weighted by Crippen LogP contribution is -2.64. The number of H-pyrrole nitrogens is 1. The molecule has 4 heterocycles. The number of alkyl halides is 3. The van der Waals surface area contributed by atoms with Crippen molar-refractivity contribution in [3.05, 3.63) is 70.9 Å². The normalized spacial score (nSPS) is 24.3. The summed E-state index contributed by atoms with van der Waals surface area (Å²) >= 11 is 0. The van der Waals surface area contributed by atoms with Gasteiger partial charge in [-0.05, 0) is 68.4 Å². The van der Waals surface area contributed by atoms with E-state index in [1.807, 2.05) is 30.0 Å². The van der Waals surface area contributed by atoms with E-state index in [1.54, 1.807) is 4.90 Å². The second-order valence-electron chi connectivity index (χ2n) is 12.0. The first-order valence-electron chi connectivity index (χ1n) is 14.7. The van der Waals surface area contributed by atoms with Crippen LogP contribution in [0.15, 0.2) is 48.5 Å². The van der Waals surface area contributed by atoms with Gasteiger partial charge in [0.05, 0.1) is 17.0 Å². The maximum Gasteiger partial charge on any atom is 0.416 e. The molecule has 3 atom stereocenters. The molecule has 7 nitrogen and oxygen atoms in total. The number of piperidine rings is 2. The van der Waals surface area contributed by atoms with Crippen molar-refractivity contribution >= 4 is 28.6 Å². The second kappa shape index (κ2) is 10.8. The number of rotatable bonds is 5. The van der Waals surface area contributed by atoms with Crippen LogP contribution in [0.2, 0.25) is 0 Å². The van der Waals surface area contributed by atoms with Gasteiger partial charge in [-0.3, -0.25) is 14.4 Å². The van der Waals surface area contributed by atoms with Crippen LogP contribution in [0.5, 0.6) is 0 Å². The Morgan fingerprint density at radius 2 is 1.81 bits per heavy atom. The highest BCUT2D eigenvalue weighted by Gasteiger charge is 2.57. The van der Waals surface area contributed by atoms with Gasteiger partial charge in [0.25, 0.3) is 0 Å². The van der Waals surface area contributed by atoms with Crippen molar-refractivity contribution in [1.29, 1.82) is 0 Å². The van der Waals surface area contributed by atoms with Gasteiger partial charge < -0.3 is 20.1 Å². The lowest BCUT2D eigenvalue weighted by atomic mass is 9.67. The van der Waals surface area contributed by atoms with E-state index >= 15 is 0 Å². The van der Waals surface area contributed by atoms with Gasteiger partial charge in [0.2, 0.25) is 17.7 Å². The van der Waals surface area contributed by atoms with Gasteiger partial charge in [-0.25, -0.2) is 0 Å². The van der Waals surface area contributed by atoms with E-state index in [-0.39, 0.29) is 31.2 Å².